The molecule has 4 rings (SSSR count). The summed E-state index contributed by atoms with van der Waals surface area (Å²) in [6, 6.07) is 0. The summed E-state index contributed by atoms with van der Waals surface area (Å²) >= 11 is 0. The second-order valence-corrected chi connectivity index (χ2v) is 9.10. The zero-order chi connectivity index (χ0) is 23.9. The summed E-state index contributed by atoms with van der Waals surface area (Å²) in [4.78, 5) is 23.6. The van der Waals surface area contributed by atoms with Gasteiger partial charge in [0, 0.05) is 12.8 Å². The second kappa shape index (κ2) is 8.96. The van der Waals surface area contributed by atoms with Gasteiger partial charge in [0.25, 0.3) is 0 Å². The molecule has 0 saturated heterocycles. The fourth-order valence-corrected chi connectivity index (χ4v) is 5.37. The molecule has 4 fully saturated rings. The van der Waals surface area contributed by atoms with Gasteiger partial charge in [0.2, 0.25) is 0 Å². The van der Waals surface area contributed by atoms with Gasteiger partial charge in [-0.05, 0) is 62.2 Å². The van der Waals surface area contributed by atoms with E-state index in [0.717, 1.165) is 25.7 Å². The van der Waals surface area contributed by atoms with Crippen molar-refractivity contribution in [3.05, 3.63) is 0 Å². The molecule has 4 aliphatic rings. The van der Waals surface area contributed by atoms with Gasteiger partial charge in [0.05, 0.1) is 0 Å². The average Bonchev–Trinajstić information content (AvgIpc) is 2.68. The van der Waals surface area contributed by atoms with Crippen molar-refractivity contribution in [3.63, 3.8) is 0 Å². The highest BCUT2D eigenvalue weighted by Crippen LogP contribution is 2.54. The number of rotatable bonds is 10. The number of ether oxygens (including phenoxy) is 2. The van der Waals surface area contributed by atoms with Crippen molar-refractivity contribution in [2.75, 3.05) is 6.61 Å². The molecule has 12 heteroatoms. The Hall–Kier alpha value is -1.62. The van der Waals surface area contributed by atoms with Gasteiger partial charge in [-0.1, -0.05) is 0 Å². The smallest absolute Gasteiger partial charge is 0.381 e. The molecule has 0 aromatic carbocycles. The molecule has 0 N–H and O–H groups in total. The molecule has 4 aliphatic carbocycles. The molecule has 4 saturated carbocycles. The normalized spacial score (nSPS) is 30.0. The first kappa shape index (κ1) is 25.0. The van der Waals surface area contributed by atoms with Crippen LogP contribution in [0.4, 0.5) is 35.1 Å². The summed E-state index contributed by atoms with van der Waals surface area (Å²) in [6.07, 6.45) is -1.01. The molecule has 0 amide bonds. The molecule has 0 heterocycles. The molecule has 0 atom stereocenters. The van der Waals surface area contributed by atoms with Gasteiger partial charge in [-0.15, -0.1) is 0 Å². The maximum atomic E-state index is 13.4. The topological polar surface area (TPSA) is 52.6 Å². The summed E-state index contributed by atoms with van der Waals surface area (Å²) in [7, 11) is 0. The van der Waals surface area contributed by atoms with E-state index in [4.69, 9.17) is 4.74 Å². The minimum atomic E-state index is -6.43. The van der Waals surface area contributed by atoms with Gasteiger partial charge in [0.1, 0.15) is 6.10 Å². The van der Waals surface area contributed by atoms with Crippen molar-refractivity contribution in [3.8, 4) is 0 Å². The third kappa shape index (κ3) is 4.83. The van der Waals surface area contributed by atoms with Crippen LogP contribution in [0.15, 0.2) is 0 Å². The molecule has 32 heavy (non-hydrogen) atoms. The highest BCUT2D eigenvalue weighted by atomic mass is 19.4. The first-order chi connectivity index (χ1) is 14.7. The van der Waals surface area contributed by atoms with Crippen LogP contribution in [0.5, 0.6) is 0 Å². The molecule has 4 nitrogen and oxygen atoms in total. The Kier molecular flexibility index (Phi) is 7.01. The summed E-state index contributed by atoms with van der Waals surface area (Å²) in [5.41, 5.74) is 0. The highest BCUT2D eigenvalue weighted by Gasteiger charge is 2.75. The zero-order valence-electron chi connectivity index (χ0n) is 17.0. The van der Waals surface area contributed by atoms with Gasteiger partial charge in [-0.25, -0.2) is 8.78 Å². The third-order valence-corrected chi connectivity index (χ3v) is 6.74. The molecular formula is C20H24F8O4. The lowest BCUT2D eigenvalue weighted by Crippen LogP contribution is -2.59. The van der Waals surface area contributed by atoms with Crippen LogP contribution in [0.1, 0.15) is 51.4 Å². The summed E-state index contributed by atoms with van der Waals surface area (Å²) in [6.45, 7) is -2.50. The summed E-state index contributed by atoms with van der Waals surface area (Å²) < 4.78 is 112. The van der Waals surface area contributed by atoms with Crippen molar-refractivity contribution in [2.45, 2.75) is 81.7 Å². The molecule has 0 spiro atoms. The first-order valence-electron chi connectivity index (χ1n) is 10.5. The van der Waals surface area contributed by atoms with Crippen LogP contribution in [-0.2, 0) is 19.1 Å². The largest absolute Gasteiger partial charge is 0.462 e. The van der Waals surface area contributed by atoms with Crippen molar-refractivity contribution in [1.29, 1.82) is 0 Å². The zero-order valence-corrected chi connectivity index (χ0v) is 17.0. The molecule has 4 bridgehead atoms. The first-order valence-corrected chi connectivity index (χ1v) is 10.5. The minimum absolute atomic E-state index is 0.181. The Balaban J connectivity index is 1.39. The van der Waals surface area contributed by atoms with E-state index in [1.807, 2.05) is 0 Å². The number of hydrogen-bond acceptors (Lipinski definition) is 4. The van der Waals surface area contributed by atoms with Crippen molar-refractivity contribution < 1.29 is 54.2 Å². The second-order valence-electron chi connectivity index (χ2n) is 9.10. The molecular weight excluding hydrogens is 456 g/mol. The molecule has 184 valence electrons. The fourth-order valence-electron chi connectivity index (χ4n) is 5.37. The Morgan fingerprint density at radius 3 is 1.81 bits per heavy atom. The van der Waals surface area contributed by atoms with Crippen LogP contribution in [-0.4, -0.2) is 48.8 Å². The number of halogens is 8. The number of carbonyl (C=O) groups excluding carboxylic acids is 2. The Labute approximate surface area is 179 Å². The standard InChI is InChI=1S/C20H24F8O4/c21-17(22)19(25,26)20(27,28)18(23,24)9-31-14(29)2-1-3-15(30)32-16-12-5-10-4-11(7-12)8-13(16)6-10/h10-13,16-17H,1-9H2. The van der Waals surface area contributed by atoms with Crippen LogP contribution in [0, 0.1) is 23.7 Å². The maximum Gasteiger partial charge on any atom is 0.381 e. The fraction of sp³-hybridized carbons (Fsp3) is 0.900. The van der Waals surface area contributed by atoms with E-state index in [-0.39, 0.29) is 18.9 Å². The van der Waals surface area contributed by atoms with Crippen molar-refractivity contribution in [1.82, 2.24) is 0 Å². The number of hydrogen-bond donors (Lipinski definition) is 0. The SMILES string of the molecule is O=C(CCCC(=O)OC1C2CC3CC(C2)CC1C3)OCC(F)(F)C(F)(F)C(F)(F)C(F)F. The predicted molar refractivity (Wildman–Crippen MR) is 92.6 cm³/mol. The van der Waals surface area contributed by atoms with Gasteiger partial charge >= 0.3 is 36.1 Å². The van der Waals surface area contributed by atoms with Crippen LogP contribution >= 0.6 is 0 Å². The average molecular weight is 480 g/mol. The number of carbonyl (C=O) groups is 2. The highest BCUT2D eigenvalue weighted by molar-refractivity contribution is 5.72. The minimum Gasteiger partial charge on any atom is -0.462 e. The van der Waals surface area contributed by atoms with Crippen LogP contribution in [0.2, 0.25) is 0 Å². The van der Waals surface area contributed by atoms with Crippen molar-refractivity contribution >= 4 is 11.9 Å². The van der Waals surface area contributed by atoms with Gasteiger partial charge in [0.15, 0.2) is 6.61 Å². The van der Waals surface area contributed by atoms with Gasteiger partial charge in [-0.3, -0.25) is 9.59 Å². The van der Waals surface area contributed by atoms with Crippen LogP contribution < -0.4 is 0 Å². The van der Waals surface area contributed by atoms with E-state index in [1.165, 1.54) is 6.42 Å². The lowest BCUT2D eigenvalue weighted by Gasteiger charge is -2.53. The van der Waals surface area contributed by atoms with E-state index >= 15 is 0 Å². The van der Waals surface area contributed by atoms with E-state index < -0.39 is 49.2 Å². The summed E-state index contributed by atoms with van der Waals surface area (Å²) in [5, 5.41) is 0. The number of alkyl halides is 8. The van der Waals surface area contributed by atoms with E-state index in [1.54, 1.807) is 0 Å². The molecule has 0 aromatic rings. The van der Waals surface area contributed by atoms with Gasteiger partial charge < -0.3 is 9.47 Å². The third-order valence-electron chi connectivity index (χ3n) is 6.74. The quantitative estimate of drug-likeness (QED) is 0.317. The molecule has 0 radical (unpaired) electrons. The Morgan fingerprint density at radius 2 is 1.31 bits per heavy atom. The van der Waals surface area contributed by atoms with Gasteiger partial charge in [-0.2, -0.15) is 26.3 Å². The Morgan fingerprint density at radius 1 is 0.812 bits per heavy atom. The van der Waals surface area contributed by atoms with Crippen LogP contribution in [0.25, 0.3) is 0 Å². The van der Waals surface area contributed by atoms with Crippen molar-refractivity contribution in [2.24, 2.45) is 23.7 Å². The molecule has 0 aromatic heterocycles. The maximum absolute atomic E-state index is 13.4. The Bertz CT molecular complexity index is 684. The van der Waals surface area contributed by atoms with E-state index in [0.29, 0.717) is 23.7 Å². The lowest BCUT2D eigenvalue weighted by molar-refractivity contribution is -0.344. The lowest BCUT2D eigenvalue weighted by atomic mass is 9.55. The monoisotopic (exact) mass is 480 g/mol. The number of esters is 2. The molecule has 0 aliphatic heterocycles. The predicted octanol–water partition coefficient (Wildman–Crippen LogP) is 5.24. The molecule has 0 unspecified atom stereocenters. The van der Waals surface area contributed by atoms with Crippen LogP contribution in [0.3, 0.4) is 0 Å². The van der Waals surface area contributed by atoms with E-state index in [9.17, 15) is 44.7 Å². The van der Waals surface area contributed by atoms with E-state index in [2.05, 4.69) is 4.74 Å². The summed E-state index contributed by atoms with van der Waals surface area (Å²) in [5.74, 6) is -18.5.